The van der Waals surface area contributed by atoms with Gasteiger partial charge in [0.2, 0.25) is 5.43 Å². The van der Waals surface area contributed by atoms with E-state index in [-0.39, 0.29) is 24.0 Å². The molecule has 16 heavy (non-hydrogen) atoms. The predicted molar refractivity (Wildman–Crippen MR) is 60.6 cm³/mol. The van der Waals surface area contributed by atoms with Crippen LogP contribution < -0.4 is 5.43 Å². The molecule has 0 amide bonds. The second-order valence-corrected chi connectivity index (χ2v) is 4.75. The molecular formula is C10H13NO4S. The molecule has 1 saturated heterocycles. The van der Waals surface area contributed by atoms with Gasteiger partial charge in [-0.15, -0.1) is 11.8 Å². The number of aromatic nitrogens is 1. The van der Waals surface area contributed by atoms with Crippen LogP contribution in [0.25, 0.3) is 0 Å². The number of rotatable bonds is 2. The maximum absolute atomic E-state index is 11.2. The molecule has 0 aromatic carbocycles. The van der Waals surface area contributed by atoms with Gasteiger partial charge < -0.3 is 19.5 Å². The van der Waals surface area contributed by atoms with Gasteiger partial charge in [0, 0.05) is 18.0 Å². The lowest BCUT2D eigenvalue weighted by Crippen LogP contribution is -2.18. The Kier molecular flexibility index (Phi) is 3.22. The lowest BCUT2D eigenvalue weighted by Gasteiger charge is -2.18. The first kappa shape index (κ1) is 11.5. The van der Waals surface area contributed by atoms with Gasteiger partial charge in [-0.05, 0) is 6.92 Å². The van der Waals surface area contributed by atoms with Gasteiger partial charge in [-0.2, -0.15) is 0 Å². The van der Waals surface area contributed by atoms with E-state index >= 15 is 0 Å². The number of pyridine rings is 1. The number of aliphatic hydroxyl groups is 1. The minimum Gasteiger partial charge on any atom is -0.503 e. The third kappa shape index (κ3) is 1.95. The number of aromatic hydroxyl groups is 1. The van der Waals surface area contributed by atoms with E-state index in [0.29, 0.717) is 11.4 Å². The average Bonchev–Trinajstić information content (AvgIpc) is 2.74. The molecule has 5 nitrogen and oxygen atoms in total. The highest BCUT2D eigenvalue weighted by Gasteiger charge is 2.27. The number of thioether (sulfide) groups is 1. The van der Waals surface area contributed by atoms with E-state index < -0.39 is 5.43 Å². The Morgan fingerprint density at radius 3 is 3.06 bits per heavy atom. The summed E-state index contributed by atoms with van der Waals surface area (Å²) in [6.07, 6.45) is 1.36. The Morgan fingerprint density at radius 1 is 1.69 bits per heavy atom. The zero-order valence-corrected chi connectivity index (χ0v) is 9.61. The standard InChI is InChI=1S/C10H13NO4S/c1-6-10(14)7(13)2-3-11(6)8-5-16-9(4-12)15-8/h2-3,8-9,12,14H,4-5H2,1H3/t8-,9-/m0/s1. The van der Waals surface area contributed by atoms with Crippen LogP contribution in [-0.2, 0) is 4.74 Å². The molecule has 0 spiro atoms. The van der Waals surface area contributed by atoms with Crippen LogP contribution in [0.1, 0.15) is 11.9 Å². The third-order valence-electron chi connectivity index (χ3n) is 2.54. The van der Waals surface area contributed by atoms with Crippen molar-refractivity contribution >= 4 is 11.8 Å². The van der Waals surface area contributed by atoms with Gasteiger partial charge in [0.05, 0.1) is 12.3 Å². The summed E-state index contributed by atoms with van der Waals surface area (Å²) in [5.41, 5.74) is -0.138. The lowest BCUT2D eigenvalue weighted by molar-refractivity contribution is -0.00539. The molecule has 1 aliphatic heterocycles. The van der Waals surface area contributed by atoms with Gasteiger partial charge in [-0.1, -0.05) is 0 Å². The third-order valence-corrected chi connectivity index (χ3v) is 3.65. The quantitative estimate of drug-likeness (QED) is 0.788. The molecule has 88 valence electrons. The molecule has 2 atom stereocenters. The first-order valence-electron chi connectivity index (χ1n) is 4.92. The fraction of sp³-hybridized carbons (Fsp3) is 0.500. The monoisotopic (exact) mass is 243 g/mol. The maximum atomic E-state index is 11.2. The van der Waals surface area contributed by atoms with E-state index in [4.69, 9.17) is 9.84 Å². The average molecular weight is 243 g/mol. The molecule has 1 fully saturated rings. The highest BCUT2D eigenvalue weighted by Crippen LogP contribution is 2.32. The molecule has 1 aromatic rings. The van der Waals surface area contributed by atoms with Crippen LogP contribution >= 0.6 is 11.8 Å². The SMILES string of the molecule is Cc1c(O)c(=O)ccn1[C@@H]1CS[C@@H](CO)O1. The number of hydrogen-bond acceptors (Lipinski definition) is 5. The van der Waals surface area contributed by atoms with Gasteiger partial charge >= 0.3 is 0 Å². The minimum absolute atomic E-state index is 0.0353. The summed E-state index contributed by atoms with van der Waals surface area (Å²) < 4.78 is 7.24. The van der Waals surface area contributed by atoms with E-state index in [1.165, 1.54) is 17.8 Å². The molecule has 0 bridgehead atoms. The van der Waals surface area contributed by atoms with Gasteiger partial charge in [0.25, 0.3) is 0 Å². The van der Waals surface area contributed by atoms with E-state index in [2.05, 4.69) is 0 Å². The second kappa shape index (κ2) is 4.48. The highest BCUT2D eigenvalue weighted by atomic mass is 32.2. The number of hydrogen-bond donors (Lipinski definition) is 2. The Hall–Kier alpha value is -0.980. The summed E-state index contributed by atoms with van der Waals surface area (Å²) in [4.78, 5) is 11.2. The molecule has 0 radical (unpaired) electrons. The second-order valence-electron chi connectivity index (χ2n) is 3.56. The van der Waals surface area contributed by atoms with Gasteiger partial charge in [0.1, 0.15) is 11.7 Å². The first-order valence-corrected chi connectivity index (χ1v) is 5.97. The van der Waals surface area contributed by atoms with E-state index in [1.807, 2.05) is 0 Å². The van der Waals surface area contributed by atoms with Crippen molar-refractivity contribution in [2.75, 3.05) is 12.4 Å². The molecule has 1 aromatic heterocycles. The Labute approximate surface area is 96.7 Å². The summed E-state index contributed by atoms with van der Waals surface area (Å²) in [6, 6.07) is 1.31. The van der Waals surface area contributed by atoms with Crippen LogP contribution in [-0.4, -0.2) is 32.6 Å². The molecule has 0 saturated carbocycles. The van der Waals surface area contributed by atoms with Crippen molar-refractivity contribution in [3.63, 3.8) is 0 Å². The largest absolute Gasteiger partial charge is 0.503 e. The molecule has 2 N–H and O–H groups in total. The number of aliphatic hydroxyl groups excluding tert-OH is 1. The van der Waals surface area contributed by atoms with Crippen molar-refractivity contribution < 1.29 is 14.9 Å². The highest BCUT2D eigenvalue weighted by molar-refractivity contribution is 8.00. The molecule has 2 heterocycles. The van der Waals surface area contributed by atoms with Crippen molar-refractivity contribution in [2.45, 2.75) is 18.6 Å². The van der Waals surface area contributed by atoms with Crippen LogP contribution in [0.4, 0.5) is 0 Å². The van der Waals surface area contributed by atoms with Crippen LogP contribution in [0.5, 0.6) is 5.75 Å². The maximum Gasteiger partial charge on any atom is 0.223 e. The van der Waals surface area contributed by atoms with Crippen molar-refractivity contribution in [2.24, 2.45) is 0 Å². The molecular weight excluding hydrogens is 230 g/mol. The fourth-order valence-electron chi connectivity index (χ4n) is 1.64. The Morgan fingerprint density at radius 2 is 2.44 bits per heavy atom. The van der Waals surface area contributed by atoms with Crippen molar-refractivity contribution in [1.82, 2.24) is 4.57 Å². The van der Waals surface area contributed by atoms with E-state index in [0.717, 1.165) is 0 Å². The Bertz CT molecular complexity index is 445. The van der Waals surface area contributed by atoms with Crippen LogP contribution in [0.3, 0.4) is 0 Å². The smallest absolute Gasteiger partial charge is 0.223 e. The summed E-state index contributed by atoms with van der Waals surface area (Å²) in [6.45, 7) is 1.63. The molecule has 0 unspecified atom stereocenters. The van der Waals surface area contributed by atoms with Crippen molar-refractivity contribution in [3.8, 4) is 5.75 Å². The minimum atomic E-state index is -0.391. The first-order chi connectivity index (χ1) is 7.63. The number of ether oxygens (including phenoxy) is 1. The van der Waals surface area contributed by atoms with Crippen LogP contribution in [0, 0.1) is 6.92 Å². The van der Waals surface area contributed by atoms with E-state index in [9.17, 15) is 9.90 Å². The zero-order chi connectivity index (χ0) is 11.7. The molecule has 0 aliphatic carbocycles. The van der Waals surface area contributed by atoms with Gasteiger partial charge in [-0.25, -0.2) is 0 Å². The zero-order valence-electron chi connectivity index (χ0n) is 8.79. The molecule has 1 aliphatic rings. The normalized spacial score (nSPS) is 24.9. The summed E-state index contributed by atoms with van der Waals surface area (Å²) >= 11 is 1.51. The van der Waals surface area contributed by atoms with Crippen LogP contribution in [0.15, 0.2) is 17.1 Å². The van der Waals surface area contributed by atoms with Gasteiger partial charge in [0.15, 0.2) is 5.75 Å². The molecule has 2 rings (SSSR count). The lowest BCUT2D eigenvalue weighted by atomic mass is 10.3. The fourth-order valence-corrected chi connectivity index (χ4v) is 2.57. The van der Waals surface area contributed by atoms with Crippen molar-refractivity contribution in [1.29, 1.82) is 0 Å². The summed E-state index contributed by atoms with van der Waals surface area (Å²) in [5.74, 6) is 0.442. The summed E-state index contributed by atoms with van der Waals surface area (Å²) in [5, 5.41) is 18.5. The molecule has 6 heteroatoms. The topological polar surface area (TPSA) is 71.7 Å². The predicted octanol–water partition coefficient (Wildman–Crippen LogP) is 0.443. The van der Waals surface area contributed by atoms with E-state index in [1.54, 1.807) is 17.7 Å². The van der Waals surface area contributed by atoms with Gasteiger partial charge in [-0.3, -0.25) is 4.79 Å². The van der Waals surface area contributed by atoms with Crippen molar-refractivity contribution in [3.05, 3.63) is 28.2 Å². The number of nitrogens with zero attached hydrogens (tertiary/aromatic N) is 1. The summed E-state index contributed by atoms with van der Waals surface area (Å²) in [7, 11) is 0. The Balaban J connectivity index is 2.29. The van der Waals surface area contributed by atoms with Crippen LogP contribution in [0.2, 0.25) is 0 Å².